The average Bonchev–Trinajstić information content (AvgIpc) is 3.11. The second kappa shape index (κ2) is 7.09. The number of piperidine rings is 1. The Morgan fingerprint density at radius 3 is 2.92 bits per heavy atom. The summed E-state index contributed by atoms with van der Waals surface area (Å²) in [7, 11) is -4.76. The summed E-state index contributed by atoms with van der Waals surface area (Å²) < 4.78 is 40.3. The summed E-state index contributed by atoms with van der Waals surface area (Å²) in [4.78, 5) is 17.7. The number of fused-ring (bicyclic) bond motifs is 2. The number of rotatable bonds is 7. The Hall–Kier alpha value is -2.38. The van der Waals surface area contributed by atoms with E-state index in [0.29, 0.717) is 48.7 Å². The van der Waals surface area contributed by atoms with Gasteiger partial charge in [0.1, 0.15) is 11.5 Å². The molecule has 5 N–H and O–H groups in total. The molecule has 0 radical (unpaired) electrons. The van der Waals surface area contributed by atoms with Gasteiger partial charge in [-0.05, 0) is 19.3 Å². The lowest BCUT2D eigenvalue weighted by Crippen LogP contribution is -2.35. The zero-order valence-corrected chi connectivity index (χ0v) is 14.6. The van der Waals surface area contributed by atoms with Crippen LogP contribution >= 0.6 is 0 Å². The molecule has 0 aliphatic carbocycles. The van der Waals surface area contributed by atoms with Gasteiger partial charge in [-0.15, -0.1) is 4.28 Å². The quantitative estimate of drug-likeness (QED) is 0.241. The Balaban J connectivity index is 1.64. The van der Waals surface area contributed by atoms with Gasteiger partial charge in [0.05, 0.1) is 12.1 Å². The molecule has 0 aromatic carbocycles. The van der Waals surface area contributed by atoms with E-state index in [1.54, 1.807) is 6.07 Å². The molecule has 3 rings (SSSR count). The van der Waals surface area contributed by atoms with Crippen LogP contribution in [0.1, 0.15) is 36.8 Å². The van der Waals surface area contributed by atoms with Crippen molar-refractivity contribution in [1.82, 2.24) is 15.1 Å². The minimum absolute atomic E-state index is 0.0317. The molecular formula is C13H20N6O6S. The molecule has 2 amide bonds. The average molecular weight is 388 g/mol. The van der Waals surface area contributed by atoms with Crippen LogP contribution in [0.15, 0.2) is 15.6 Å². The fourth-order valence-electron chi connectivity index (χ4n) is 3.20. The Morgan fingerprint density at radius 2 is 2.23 bits per heavy atom. The van der Waals surface area contributed by atoms with Gasteiger partial charge >= 0.3 is 16.4 Å². The summed E-state index contributed by atoms with van der Waals surface area (Å²) in [5.74, 6) is 0.676. The number of guanidine groups is 1. The number of nitrogens with two attached hydrogens (primary N) is 2. The van der Waals surface area contributed by atoms with Gasteiger partial charge in [-0.2, -0.15) is 13.5 Å². The highest BCUT2D eigenvalue weighted by Gasteiger charge is 2.48. The molecule has 2 aliphatic heterocycles. The van der Waals surface area contributed by atoms with E-state index in [9.17, 15) is 13.2 Å². The van der Waals surface area contributed by atoms with E-state index in [2.05, 4.69) is 14.4 Å². The minimum Gasteiger partial charge on any atom is -0.370 e. The number of carbonyl (C=O) groups excluding carboxylic acids is 1. The molecule has 12 nitrogen and oxygen atoms in total. The second-order valence-corrected chi connectivity index (χ2v) is 7.14. The number of aliphatic imine (C=N–C) groups is 1. The Kier molecular flexibility index (Phi) is 5.02. The van der Waals surface area contributed by atoms with Gasteiger partial charge in [-0.1, -0.05) is 5.16 Å². The van der Waals surface area contributed by atoms with Crippen LogP contribution in [0.5, 0.6) is 0 Å². The standard InChI is InChI=1S/C13H20N6O6S/c14-12(15)16-5-1-2-9-6-10(17-24-9)11-4-3-8-7-18(11)13(20)19(8)25-26(21,22)23/h6,8,11H,1-5,7H2,(H4,14,15,16)(H,21,22,23)/t8-,11-/m1/s1. The van der Waals surface area contributed by atoms with Crippen LogP contribution < -0.4 is 11.5 Å². The highest BCUT2D eigenvalue weighted by molar-refractivity contribution is 7.80. The lowest BCUT2D eigenvalue weighted by atomic mass is 9.98. The number of nitrogens with zero attached hydrogens (tertiary/aromatic N) is 4. The summed E-state index contributed by atoms with van der Waals surface area (Å²) >= 11 is 0. The van der Waals surface area contributed by atoms with Crippen molar-refractivity contribution in [2.45, 2.75) is 37.8 Å². The highest BCUT2D eigenvalue weighted by atomic mass is 32.3. The molecule has 1 aromatic heterocycles. The van der Waals surface area contributed by atoms with E-state index in [-0.39, 0.29) is 18.5 Å². The first-order valence-corrected chi connectivity index (χ1v) is 9.39. The molecule has 2 atom stereocenters. The van der Waals surface area contributed by atoms with E-state index < -0.39 is 22.5 Å². The summed E-state index contributed by atoms with van der Waals surface area (Å²) in [6, 6.07) is 0.350. The van der Waals surface area contributed by atoms with Crippen LogP contribution in [-0.2, 0) is 21.1 Å². The first-order chi connectivity index (χ1) is 12.2. The smallest absolute Gasteiger partial charge is 0.370 e. The van der Waals surface area contributed by atoms with Crippen molar-refractivity contribution in [2.24, 2.45) is 16.5 Å². The third-order valence-corrected chi connectivity index (χ3v) is 4.64. The van der Waals surface area contributed by atoms with Crippen molar-refractivity contribution >= 4 is 22.4 Å². The third kappa shape index (κ3) is 4.05. The van der Waals surface area contributed by atoms with Crippen molar-refractivity contribution in [3.63, 3.8) is 0 Å². The van der Waals surface area contributed by atoms with Crippen LogP contribution in [0.25, 0.3) is 0 Å². The second-order valence-electron chi connectivity index (χ2n) is 6.14. The van der Waals surface area contributed by atoms with E-state index in [1.165, 1.54) is 4.90 Å². The molecule has 2 fully saturated rings. The number of carbonyl (C=O) groups is 1. The number of aromatic nitrogens is 1. The normalized spacial score (nSPS) is 22.7. The molecule has 26 heavy (non-hydrogen) atoms. The van der Waals surface area contributed by atoms with Crippen molar-refractivity contribution in [3.8, 4) is 0 Å². The molecule has 1 aromatic rings. The first-order valence-electron chi connectivity index (χ1n) is 8.02. The monoisotopic (exact) mass is 388 g/mol. The van der Waals surface area contributed by atoms with Gasteiger partial charge in [0.25, 0.3) is 0 Å². The molecule has 0 unspecified atom stereocenters. The lowest BCUT2D eigenvalue weighted by molar-refractivity contribution is -0.0317. The van der Waals surface area contributed by atoms with Crippen LogP contribution in [-0.4, -0.2) is 59.2 Å². The highest BCUT2D eigenvalue weighted by Crippen LogP contribution is 2.38. The lowest BCUT2D eigenvalue weighted by Gasteiger charge is -2.28. The number of aryl methyl sites for hydroxylation is 1. The summed E-state index contributed by atoms with van der Waals surface area (Å²) in [6.45, 7) is 0.752. The van der Waals surface area contributed by atoms with Crippen molar-refractivity contribution in [3.05, 3.63) is 17.5 Å². The zero-order valence-electron chi connectivity index (χ0n) is 13.8. The van der Waals surface area contributed by atoms with Crippen molar-refractivity contribution in [1.29, 1.82) is 0 Å². The van der Waals surface area contributed by atoms with E-state index >= 15 is 0 Å². The molecule has 0 spiro atoms. The number of hydrogen-bond donors (Lipinski definition) is 3. The number of hydroxylamine groups is 2. The van der Waals surface area contributed by atoms with Crippen LogP contribution in [0, 0.1) is 0 Å². The molecule has 2 saturated heterocycles. The van der Waals surface area contributed by atoms with E-state index in [0.717, 1.165) is 0 Å². The topological polar surface area (TPSA) is 178 Å². The molecule has 144 valence electrons. The summed E-state index contributed by atoms with van der Waals surface area (Å²) in [5.41, 5.74) is 11.1. The maximum atomic E-state index is 12.4. The maximum Gasteiger partial charge on any atom is 0.418 e. The largest absolute Gasteiger partial charge is 0.418 e. The van der Waals surface area contributed by atoms with Crippen molar-refractivity contribution in [2.75, 3.05) is 13.1 Å². The molecule has 0 saturated carbocycles. The fourth-order valence-corrected chi connectivity index (χ4v) is 3.59. The van der Waals surface area contributed by atoms with Gasteiger partial charge in [0.15, 0.2) is 5.96 Å². The van der Waals surface area contributed by atoms with Crippen LogP contribution in [0.3, 0.4) is 0 Å². The van der Waals surface area contributed by atoms with E-state index in [4.69, 9.17) is 20.5 Å². The predicted molar refractivity (Wildman–Crippen MR) is 87.8 cm³/mol. The fraction of sp³-hybridized carbons (Fsp3) is 0.615. The Bertz CT molecular complexity index is 804. The molecular weight excluding hydrogens is 368 g/mol. The van der Waals surface area contributed by atoms with Crippen LogP contribution in [0.4, 0.5) is 4.79 Å². The van der Waals surface area contributed by atoms with Crippen molar-refractivity contribution < 1.29 is 26.6 Å². The molecule has 2 bridgehead atoms. The number of amides is 2. The summed E-state index contributed by atoms with van der Waals surface area (Å²) in [6.07, 6.45) is 2.35. The predicted octanol–water partition coefficient (Wildman–Crippen LogP) is -0.444. The van der Waals surface area contributed by atoms with Gasteiger partial charge in [-0.3, -0.25) is 9.55 Å². The van der Waals surface area contributed by atoms with Gasteiger partial charge in [0.2, 0.25) is 0 Å². The van der Waals surface area contributed by atoms with E-state index in [1.807, 2.05) is 0 Å². The number of urea groups is 1. The Morgan fingerprint density at radius 1 is 1.46 bits per heavy atom. The van der Waals surface area contributed by atoms with Crippen LogP contribution in [0.2, 0.25) is 0 Å². The van der Waals surface area contributed by atoms with Gasteiger partial charge < -0.3 is 20.9 Å². The number of hydrogen-bond acceptors (Lipinski definition) is 7. The first kappa shape index (κ1) is 18.4. The van der Waals surface area contributed by atoms with Gasteiger partial charge in [0, 0.05) is 25.6 Å². The molecule has 2 aliphatic rings. The minimum atomic E-state index is -4.76. The zero-order chi connectivity index (χ0) is 18.9. The maximum absolute atomic E-state index is 12.4. The third-order valence-electron chi connectivity index (χ3n) is 4.29. The SMILES string of the molecule is NC(N)=NCCCc1cc([C@H]2CC[C@@H]3CN2C(=O)N3OS(=O)(=O)O)no1. The molecule has 13 heteroatoms. The molecule has 3 heterocycles. The van der Waals surface area contributed by atoms with Gasteiger partial charge in [-0.25, -0.2) is 4.79 Å². The Labute approximate surface area is 149 Å². The summed E-state index contributed by atoms with van der Waals surface area (Å²) in [5, 5.41) is 4.72.